The van der Waals surface area contributed by atoms with Crippen molar-refractivity contribution in [1.29, 1.82) is 0 Å². The summed E-state index contributed by atoms with van der Waals surface area (Å²) in [6, 6.07) is 10.3. The third kappa shape index (κ3) is 2.93. The zero-order valence-corrected chi connectivity index (χ0v) is 11.7. The molecule has 0 atom stereocenters. The molecule has 0 aliphatic carbocycles. The second-order valence-electron chi connectivity index (χ2n) is 4.33. The Labute approximate surface area is 121 Å². The lowest BCUT2D eigenvalue weighted by atomic mass is 10.1. The summed E-state index contributed by atoms with van der Waals surface area (Å²) in [5.41, 5.74) is 7.13. The lowest BCUT2D eigenvalue weighted by Crippen LogP contribution is -2.13. The van der Waals surface area contributed by atoms with E-state index in [0.717, 1.165) is 6.42 Å². The molecule has 2 rings (SSSR count). The molecule has 2 aromatic carbocycles. The molecule has 104 valence electrons. The van der Waals surface area contributed by atoms with E-state index in [4.69, 9.17) is 5.73 Å². The molecule has 0 unspecified atom stereocenters. The lowest BCUT2D eigenvalue weighted by Gasteiger charge is -2.10. The van der Waals surface area contributed by atoms with Crippen molar-refractivity contribution < 1.29 is 8.78 Å². The highest BCUT2D eigenvalue weighted by molar-refractivity contribution is 7.80. The van der Waals surface area contributed by atoms with Gasteiger partial charge in [-0.1, -0.05) is 31.3 Å². The van der Waals surface area contributed by atoms with E-state index < -0.39 is 11.6 Å². The smallest absolute Gasteiger partial charge is 0.182 e. The molecule has 0 spiro atoms. The zero-order valence-electron chi connectivity index (χ0n) is 10.9. The molecule has 0 amide bonds. The van der Waals surface area contributed by atoms with E-state index in [1.165, 1.54) is 17.7 Å². The van der Waals surface area contributed by atoms with Crippen molar-refractivity contribution in [1.82, 2.24) is 0 Å². The van der Waals surface area contributed by atoms with Crippen LogP contribution >= 0.6 is 12.2 Å². The summed E-state index contributed by atoms with van der Waals surface area (Å²) in [7, 11) is 0. The summed E-state index contributed by atoms with van der Waals surface area (Å²) in [6.07, 6.45) is 0.923. The number of aryl methyl sites for hydroxylation is 1. The monoisotopic (exact) mass is 292 g/mol. The number of anilines is 2. The van der Waals surface area contributed by atoms with Crippen LogP contribution in [0, 0.1) is 11.6 Å². The third-order valence-electron chi connectivity index (χ3n) is 2.99. The maximum Gasteiger partial charge on any atom is 0.182 e. The first-order valence-corrected chi connectivity index (χ1v) is 6.57. The average molecular weight is 292 g/mol. The SMILES string of the molecule is CCc1ccc(Nc2ccc(C(N)=S)c(F)c2F)cc1. The van der Waals surface area contributed by atoms with Crippen LogP contribution in [-0.4, -0.2) is 4.99 Å². The van der Waals surface area contributed by atoms with Crippen molar-refractivity contribution in [3.05, 3.63) is 59.2 Å². The molecule has 0 aliphatic heterocycles. The second kappa shape index (κ2) is 5.96. The highest BCUT2D eigenvalue weighted by Gasteiger charge is 2.14. The van der Waals surface area contributed by atoms with Crippen molar-refractivity contribution in [2.75, 3.05) is 5.32 Å². The predicted octanol–water partition coefficient (Wildman–Crippen LogP) is 3.91. The Morgan fingerprint density at radius 3 is 2.30 bits per heavy atom. The molecule has 0 aromatic heterocycles. The summed E-state index contributed by atoms with van der Waals surface area (Å²) in [5.74, 6) is -2.03. The van der Waals surface area contributed by atoms with Crippen LogP contribution in [0.2, 0.25) is 0 Å². The summed E-state index contributed by atoms with van der Waals surface area (Å²) < 4.78 is 27.7. The van der Waals surface area contributed by atoms with Crippen LogP contribution in [0.15, 0.2) is 36.4 Å². The minimum atomic E-state index is -1.03. The molecule has 0 radical (unpaired) electrons. The number of nitrogens with one attached hydrogen (secondary N) is 1. The molecule has 3 N–H and O–H groups in total. The molecule has 2 aromatic rings. The van der Waals surface area contributed by atoms with E-state index >= 15 is 0 Å². The van der Waals surface area contributed by atoms with Gasteiger partial charge >= 0.3 is 0 Å². The van der Waals surface area contributed by atoms with Gasteiger partial charge in [-0.2, -0.15) is 0 Å². The van der Waals surface area contributed by atoms with Crippen LogP contribution in [0.4, 0.5) is 20.2 Å². The van der Waals surface area contributed by atoms with Gasteiger partial charge in [0, 0.05) is 11.3 Å². The minimum Gasteiger partial charge on any atom is -0.389 e. The van der Waals surface area contributed by atoms with Gasteiger partial charge in [0.2, 0.25) is 0 Å². The first-order chi connectivity index (χ1) is 9.52. The van der Waals surface area contributed by atoms with E-state index in [9.17, 15) is 8.78 Å². The molecular formula is C15H14F2N2S. The van der Waals surface area contributed by atoms with Crippen LogP contribution in [-0.2, 0) is 6.42 Å². The quantitative estimate of drug-likeness (QED) is 0.839. The number of hydrogen-bond acceptors (Lipinski definition) is 2. The largest absolute Gasteiger partial charge is 0.389 e. The Hall–Kier alpha value is -2.01. The first kappa shape index (κ1) is 14.4. The Bertz CT molecular complexity index is 639. The van der Waals surface area contributed by atoms with Crippen molar-refractivity contribution in [3.63, 3.8) is 0 Å². The van der Waals surface area contributed by atoms with Gasteiger partial charge < -0.3 is 11.1 Å². The van der Waals surface area contributed by atoms with E-state index in [0.29, 0.717) is 5.69 Å². The molecular weight excluding hydrogens is 278 g/mol. The van der Waals surface area contributed by atoms with Gasteiger partial charge in [-0.05, 0) is 36.2 Å². The van der Waals surface area contributed by atoms with Crippen LogP contribution < -0.4 is 11.1 Å². The average Bonchev–Trinajstić information content (AvgIpc) is 2.44. The molecule has 2 nitrogen and oxygen atoms in total. The number of rotatable bonds is 4. The fraction of sp³-hybridized carbons (Fsp3) is 0.133. The van der Waals surface area contributed by atoms with Gasteiger partial charge in [0.25, 0.3) is 0 Å². The molecule has 0 saturated heterocycles. The van der Waals surface area contributed by atoms with Gasteiger partial charge in [0.1, 0.15) is 4.99 Å². The summed E-state index contributed by atoms with van der Waals surface area (Å²) in [5, 5.41) is 2.83. The van der Waals surface area contributed by atoms with E-state index in [-0.39, 0.29) is 16.2 Å². The summed E-state index contributed by atoms with van der Waals surface area (Å²) in [4.78, 5) is -0.166. The normalized spacial score (nSPS) is 10.3. The van der Waals surface area contributed by atoms with Crippen LogP contribution in [0.3, 0.4) is 0 Å². The van der Waals surface area contributed by atoms with Crippen LogP contribution in [0.25, 0.3) is 0 Å². The van der Waals surface area contributed by atoms with Crippen LogP contribution in [0.1, 0.15) is 18.1 Å². The molecule has 0 fully saturated rings. The highest BCUT2D eigenvalue weighted by Crippen LogP contribution is 2.24. The topological polar surface area (TPSA) is 38.0 Å². The van der Waals surface area contributed by atoms with Crippen molar-refractivity contribution in [2.45, 2.75) is 13.3 Å². The number of halogens is 2. The molecule has 0 heterocycles. The standard InChI is InChI=1S/C15H14F2N2S/c1-2-9-3-5-10(6-4-9)19-12-8-7-11(15(18)20)13(16)14(12)17/h3-8,19H,2H2,1H3,(H2,18,20). The van der Waals surface area contributed by atoms with Gasteiger partial charge in [-0.3, -0.25) is 0 Å². The van der Waals surface area contributed by atoms with Crippen molar-refractivity contribution in [2.24, 2.45) is 5.73 Å². The fourth-order valence-corrected chi connectivity index (χ4v) is 1.97. The Morgan fingerprint density at radius 1 is 1.10 bits per heavy atom. The maximum atomic E-state index is 13.9. The van der Waals surface area contributed by atoms with E-state index in [1.807, 2.05) is 31.2 Å². The molecule has 0 bridgehead atoms. The lowest BCUT2D eigenvalue weighted by molar-refractivity contribution is 0.510. The van der Waals surface area contributed by atoms with Crippen molar-refractivity contribution in [3.8, 4) is 0 Å². The van der Waals surface area contributed by atoms with E-state index in [2.05, 4.69) is 17.5 Å². The minimum absolute atomic E-state index is 0.0479. The maximum absolute atomic E-state index is 13.9. The number of benzene rings is 2. The molecule has 5 heteroatoms. The Balaban J connectivity index is 2.29. The van der Waals surface area contributed by atoms with Gasteiger partial charge in [-0.25, -0.2) is 8.78 Å². The number of thiocarbonyl (C=S) groups is 1. The van der Waals surface area contributed by atoms with Gasteiger partial charge in [0.05, 0.1) is 5.69 Å². The Kier molecular flexibility index (Phi) is 4.29. The van der Waals surface area contributed by atoms with Gasteiger partial charge in [-0.15, -0.1) is 0 Å². The number of nitrogens with two attached hydrogens (primary N) is 1. The molecule has 20 heavy (non-hydrogen) atoms. The zero-order chi connectivity index (χ0) is 14.7. The molecule has 0 saturated carbocycles. The summed E-state index contributed by atoms with van der Waals surface area (Å²) in [6.45, 7) is 2.05. The van der Waals surface area contributed by atoms with Crippen LogP contribution in [0.5, 0.6) is 0 Å². The predicted molar refractivity (Wildman–Crippen MR) is 81.3 cm³/mol. The third-order valence-corrected chi connectivity index (χ3v) is 3.21. The second-order valence-corrected chi connectivity index (χ2v) is 4.77. The highest BCUT2D eigenvalue weighted by atomic mass is 32.1. The first-order valence-electron chi connectivity index (χ1n) is 6.16. The molecule has 0 aliphatic rings. The number of hydrogen-bond donors (Lipinski definition) is 2. The van der Waals surface area contributed by atoms with Gasteiger partial charge in [0.15, 0.2) is 11.6 Å². The van der Waals surface area contributed by atoms with Crippen molar-refractivity contribution >= 4 is 28.6 Å². The summed E-state index contributed by atoms with van der Waals surface area (Å²) >= 11 is 4.66. The Morgan fingerprint density at radius 2 is 1.75 bits per heavy atom. The fourth-order valence-electron chi connectivity index (χ4n) is 1.82. The van der Waals surface area contributed by atoms with E-state index in [1.54, 1.807) is 0 Å².